The van der Waals surface area contributed by atoms with E-state index in [0.717, 1.165) is 16.1 Å². The smallest absolute Gasteiger partial charge is 0.267 e. The van der Waals surface area contributed by atoms with Gasteiger partial charge in [-0.25, -0.2) is 4.98 Å². The Labute approximate surface area is 95.4 Å². The number of rotatable bonds is 1. The maximum Gasteiger partial charge on any atom is 0.267 e. The first-order chi connectivity index (χ1) is 7.84. The molecule has 0 saturated heterocycles. The van der Waals surface area contributed by atoms with Crippen LogP contribution in [0.25, 0.3) is 20.8 Å². The molecule has 0 unspecified atom stereocenters. The van der Waals surface area contributed by atoms with Crippen molar-refractivity contribution in [3.63, 3.8) is 0 Å². The predicted molar refractivity (Wildman–Crippen MR) is 65.7 cm³/mol. The van der Waals surface area contributed by atoms with Crippen LogP contribution in [0.15, 0.2) is 47.4 Å². The molecule has 3 rings (SSSR count). The quantitative estimate of drug-likeness (QED) is 0.696. The van der Waals surface area contributed by atoms with Crippen LogP contribution in [0.2, 0.25) is 0 Å². The molecule has 78 valence electrons. The van der Waals surface area contributed by atoms with Crippen molar-refractivity contribution >= 4 is 21.6 Å². The lowest BCUT2D eigenvalue weighted by molar-refractivity contribution is 1.28. The van der Waals surface area contributed by atoms with Crippen molar-refractivity contribution in [1.29, 1.82) is 0 Å². The summed E-state index contributed by atoms with van der Waals surface area (Å²) in [7, 11) is 0. The van der Waals surface area contributed by atoms with Gasteiger partial charge in [0.05, 0.1) is 5.52 Å². The summed E-state index contributed by atoms with van der Waals surface area (Å²) in [5, 5.41) is 0.882. The summed E-state index contributed by atoms with van der Waals surface area (Å²) >= 11 is 1.42. The van der Waals surface area contributed by atoms with Gasteiger partial charge in [-0.3, -0.25) is 4.79 Å². The highest BCUT2D eigenvalue weighted by atomic mass is 32.1. The van der Waals surface area contributed by atoms with E-state index in [-0.39, 0.29) is 5.56 Å². The molecule has 4 heteroatoms. The van der Waals surface area contributed by atoms with Crippen molar-refractivity contribution < 1.29 is 0 Å². The summed E-state index contributed by atoms with van der Waals surface area (Å²) in [6.07, 6.45) is 1.62. The fraction of sp³-hybridized carbons (Fsp3) is 0. The van der Waals surface area contributed by atoms with E-state index in [1.54, 1.807) is 6.20 Å². The molecule has 3 aromatic rings. The Balaban J connectivity index is 2.28. The SMILES string of the molecule is O=c1[nH]ccc2nc(-c3ccccc3)sc12. The topological polar surface area (TPSA) is 45.8 Å². The van der Waals surface area contributed by atoms with Crippen LogP contribution in [-0.2, 0) is 0 Å². The number of nitrogens with one attached hydrogen (secondary N) is 1. The number of hydrogen-bond acceptors (Lipinski definition) is 3. The van der Waals surface area contributed by atoms with Crippen LogP contribution in [-0.4, -0.2) is 9.97 Å². The Kier molecular flexibility index (Phi) is 2.08. The molecule has 1 aromatic carbocycles. The molecule has 0 atom stereocenters. The number of thiazole rings is 1. The first-order valence-electron chi connectivity index (χ1n) is 4.88. The van der Waals surface area contributed by atoms with Gasteiger partial charge in [0.2, 0.25) is 0 Å². The van der Waals surface area contributed by atoms with Crippen LogP contribution in [0.4, 0.5) is 0 Å². The van der Waals surface area contributed by atoms with Crippen molar-refractivity contribution in [1.82, 2.24) is 9.97 Å². The van der Waals surface area contributed by atoms with E-state index in [9.17, 15) is 4.79 Å². The van der Waals surface area contributed by atoms with Crippen LogP contribution in [0, 0.1) is 0 Å². The van der Waals surface area contributed by atoms with Gasteiger partial charge < -0.3 is 4.98 Å². The molecule has 0 fully saturated rings. The standard InChI is InChI=1S/C12H8N2OS/c15-11-10-9(6-7-13-11)14-12(16-10)8-4-2-1-3-5-8/h1-7H,(H,13,15). The number of benzene rings is 1. The molecule has 0 aliphatic rings. The molecular weight excluding hydrogens is 220 g/mol. The van der Waals surface area contributed by atoms with E-state index in [1.807, 2.05) is 36.4 Å². The third-order valence-electron chi connectivity index (χ3n) is 2.34. The molecule has 3 nitrogen and oxygen atoms in total. The average molecular weight is 228 g/mol. The van der Waals surface area contributed by atoms with Crippen LogP contribution in [0.1, 0.15) is 0 Å². The third-order valence-corrected chi connectivity index (χ3v) is 3.45. The number of nitrogens with zero attached hydrogens (tertiary/aromatic N) is 1. The Morgan fingerprint density at radius 1 is 1.12 bits per heavy atom. The summed E-state index contributed by atoms with van der Waals surface area (Å²) in [6, 6.07) is 11.7. The second kappa shape index (κ2) is 3.57. The van der Waals surface area contributed by atoms with Crippen molar-refractivity contribution in [3.8, 4) is 10.6 Å². The van der Waals surface area contributed by atoms with Gasteiger partial charge in [-0.2, -0.15) is 0 Å². The molecule has 1 N–H and O–H groups in total. The Hall–Kier alpha value is -1.94. The molecule has 0 spiro atoms. The van der Waals surface area contributed by atoms with Crippen molar-refractivity contribution in [2.24, 2.45) is 0 Å². The van der Waals surface area contributed by atoms with E-state index < -0.39 is 0 Å². The molecule has 0 aliphatic carbocycles. The lowest BCUT2D eigenvalue weighted by atomic mass is 10.2. The van der Waals surface area contributed by atoms with Gasteiger partial charge in [-0.05, 0) is 6.07 Å². The summed E-state index contributed by atoms with van der Waals surface area (Å²) in [5.41, 5.74) is 1.73. The average Bonchev–Trinajstić information content (AvgIpc) is 2.76. The highest BCUT2D eigenvalue weighted by Crippen LogP contribution is 2.27. The van der Waals surface area contributed by atoms with Gasteiger partial charge in [0, 0.05) is 11.8 Å². The summed E-state index contributed by atoms with van der Waals surface area (Å²) in [4.78, 5) is 18.6. The number of hydrogen-bond donors (Lipinski definition) is 1. The fourth-order valence-electron chi connectivity index (χ4n) is 1.57. The van der Waals surface area contributed by atoms with E-state index in [0.29, 0.717) is 4.70 Å². The van der Waals surface area contributed by atoms with Gasteiger partial charge in [0.1, 0.15) is 9.71 Å². The number of aromatic nitrogens is 2. The van der Waals surface area contributed by atoms with Crippen LogP contribution >= 0.6 is 11.3 Å². The Morgan fingerprint density at radius 3 is 2.69 bits per heavy atom. The predicted octanol–water partition coefficient (Wildman–Crippen LogP) is 2.65. The van der Waals surface area contributed by atoms with Gasteiger partial charge in [-0.15, -0.1) is 11.3 Å². The minimum Gasteiger partial charge on any atom is -0.328 e. The van der Waals surface area contributed by atoms with Gasteiger partial charge >= 0.3 is 0 Å². The Morgan fingerprint density at radius 2 is 1.94 bits per heavy atom. The number of fused-ring (bicyclic) bond motifs is 1. The molecule has 16 heavy (non-hydrogen) atoms. The monoisotopic (exact) mass is 228 g/mol. The van der Waals surface area contributed by atoms with Gasteiger partial charge in [0.15, 0.2) is 0 Å². The summed E-state index contributed by atoms with van der Waals surface area (Å²) < 4.78 is 0.682. The van der Waals surface area contributed by atoms with Crippen LogP contribution in [0.5, 0.6) is 0 Å². The largest absolute Gasteiger partial charge is 0.328 e. The van der Waals surface area contributed by atoms with Crippen molar-refractivity contribution in [2.75, 3.05) is 0 Å². The first-order valence-corrected chi connectivity index (χ1v) is 5.70. The molecule has 0 bridgehead atoms. The fourth-order valence-corrected chi connectivity index (χ4v) is 2.53. The molecule has 0 saturated carbocycles. The van der Waals surface area contributed by atoms with Crippen LogP contribution < -0.4 is 5.56 Å². The molecule has 0 radical (unpaired) electrons. The highest BCUT2D eigenvalue weighted by molar-refractivity contribution is 7.21. The van der Waals surface area contributed by atoms with Gasteiger partial charge in [0.25, 0.3) is 5.56 Å². The highest BCUT2D eigenvalue weighted by Gasteiger charge is 2.07. The molecule has 2 heterocycles. The number of aromatic amines is 1. The van der Waals surface area contributed by atoms with E-state index in [4.69, 9.17) is 0 Å². The maximum absolute atomic E-state index is 11.5. The Bertz CT molecular complexity index is 685. The maximum atomic E-state index is 11.5. The van der Waals surface area contributed by atoms with E-state index in [2.05, 4.69) is 9.97 Å². The minimum absolute atomic E-state index is 0.0721. The van der Waals surface area contributed by atoms with Gasteiger partial charge in [-0.1, -0.05) is 30.3 Å². The van der Waals surface area contributed by atoms with Crippen LogP contribution in [0.3, 0.4) is 0 Å². The molecule has 0 amide bonds. The minimum atomic E-state index is -0.0721. The van der Waals surface area contributed by atoms with Crippen molar-refractivity contribution in [3.05, 3.63) is 52.9 Å². The first kappa shape index (κ1) is 9.30. The molecular formula is C12H8N2OS. The normalized spacial score (nSPS) is 10.8. The molecule has 0 aliphatic heterocycles. The summed E-state index contributed by atoms with van der Waals surface area (Å²) in [6.45, 7) is 0. The zero-order valence-electron chi connectivity index (χ0n) is 8.31. The second-order valence-electron chi connectivity index (χ2n) is 3.41. The van der Waals surface area contributed by atoms with E-state index in [1.165, 1.54) is 11.3 Å². The lowest BCUT2D eigenvalue weighted by Crippen LogP contribution is -2.01. The van der Waals surface area contributed by atoms with E-state index >= 15 is 0 Å². The lowest BCUT2D eigenvalue weighted by Gasteiger charge is -1.92. The third kappa shape index (κ3) is 1.44. The molecule has 2 aromatic heterocycles. The number of pyridine rings is 1. The second-order valence-corrected chi connectivity index (χ2v) is 4.41. The zero-order chi connectivity index (χ0) is 11.0. The summed E-state index contributed by atoms with van der Waals surface area (Å²) in [5.74, 6) is 0. The van der Waals surface area contributed by atoms with Crippen molar-refractivity contribution in [2.45, 2.75) is 0 Å². The zero-order valence-corrected chi connectivity index (χ0v) is 9.12. The number of H-pyrrole nitrogens is 1.